The van der Waals surface area contributed by atoms with E-state index in [1.54, 1.807) is 6.92 Å². The lowest BCUT2D eigenvalue weighted by Gasteiger charge is -2.02. The number of ketones is 1. The molecule has 1 aliphatic carbocycles. The Bertz CT molecular complexity index is 350. The van der Waals surface area contributed by atoms with Crippen molar-refractivity contribution < 1.29 is 19.1 Å². The molecule has 0 bridgehead atoms. The molecular formula is C11H12O4. The zero-order valence-electron chi connectivity index (χ0n) is 8.49. The molecule has 4 nitrogen and oxygen atoms in total. The molecule has 0 unspecified atom stereocenters. The summed E-state index contributed by atoms with van der Waals surface area (Å²) in [7, 11) is 0. The predicted molar refractivity (Wildman–Crippen MR) is 53.1 cm³/mol. The second-order valence-corrected chi connectivity index (χ2v) is 3.04. The third-order valence-electron chi connectivity index (χ3n) is 2.08. The summed E-state index contributed by atoms with van der Waals surface area (Å²) in [6.07, 6.45) is 4.18. The summed E-state index contributed by atoms with van der Waals surface area (Å²) in [5, 5.41) is 0. The molecule has 0 saturated carbocycles. The minimum atomic E-state index is -0.592. The smallest absolute Gasteiger partial charge is 0.342 e. The molecule has 0 aromatic carbocycles. The molecule has 0 aromatic rings. The van der Waals surface area contributed by atoms with Gasteiger partial charge in [-0.15, -0.1) is 0 Å². The fraction of sp³-hybridized carbons (Fsp3) is 0.364. The van der Waals surface area contributed by atoms with Gasteiger partial charge in [0, 0.05) is 6.42 Å². The summed E-state index contributed by atoms with van der Waals surface area (Å²) in [4.78, 5) is 32.9. The van der Waals surface area contributed by atoms with Crippen LogP contribution in [0.4, 0.5) is 0 Å². The predicted octanol–water partition coefficient (Wildman–Crippen LogP) is 0.964. The Kier molecular flexibility index (Phi) is 3.97. The van der Waals surface area contributed by atoms with Crippen LogP contribution in [0.5, 0.6) is 0 Å². The standard InChI is InChI=1S/C11H12O4/c1-2-15-11(14)10-8(4-3-7-12)5-6-9(10)13/h3-4,7H,2,5-6H2,1H3/b4-3-. The van der Waals surface area contributed by atoms with E-state index in [2.05, 4.69) is 0 Å². The van der Waals surface area contributed by atoms with E-state index in [1.807, 2.05) is 0 Å². The van der Waals surface area contributed by atoms with Crippen LogP contribution in [0.3, 0.4) is 0 Å². The molecule has 15 heavy (non-hydrogen) atoms. The summed E-state index contributed by atoms with van der Waals surface area (Å²) >= 11 is 0. The summed E-state index contributed by atoms with van der Waals surface area (Å²) in [6.45, 7) is 1.92. The highest BCUT2D eigenvalue weighted by atomic mass is 16.5. The molecule has 4 heteroatoms. The van der Waals surface area contributed by atoms with Crippen molar-refractivity contribution in [3.8, 4) is 0 Å². The van der Waals surface area contributed by atoms with Gasteiger partial charge in [-0.1, -0.05) is 6.08 Å². The normalized spacial score (nSPS) is 16.2. The largest absolute Gasteiger partial charge is 0.462 e. The third kappa shape index (κ3) is 2.62. The molecule has 0 amide bonds. The van der Waals surface area contributed by atoms with E-state index in [0.717, 1.165) is 0 Å². The van der Waals surface area contributed by atoms with Crippen LogP contribution >= 0.6 is 0 Å². The Morgan fingerprint density at radius 2 is 2.20 bits per heavy atom. The molecule has 0 fully saturated rings. The monoisotopic (exact) mass is 208 g/mol. The fourth-order valence-electron chi connectivity index (χ4n) is 1.45. The highest BCUT2D eigenvalue weighted by Crippen LogP contribution is 2.24. The maximum Gasteiger partial charge on any atom is 0.342 e. The number of carbonyl (C=O) groups is 3. The van der Waals surface area contributed by atoms with Crippen LogP contribution in [0.15, 0.2) is 23.3 Å². The van der Waals surface area contributed by atoms with Crippen molar-refractivity contribution in [2.24, 2.45) is 0 Å². The first-order valence-corrected chi connectivity index (χ1v) is 4.76. The number of Topliss-reactive ketones (excluding diaryl/α,β-unsaturated/α-hetero) is 1. The van der Waals surface area contributed by atoms with Gasteiger partial charge in [0.1, 0.15) is 11.9 Å². The van der Waals surface area contributed by atoms with Crippen molar-refractivity contribution >= 4 is 18.0 Å². The van der Waals surface area contributed by atoms with Crippen LogP contribution < -0.4 is 0 Å². The molecule has 0 aromatic heterocycles. The summed E-state index contributed by atoms with van der Waals surface area (Å²) in [5.74, 6) is -0.801. The average molecular weight is 208 g/mol. The van der Waals surface area contributed by atoms with Gasteiger partial charge < -0.3 is 4.74 Å². The molecule has 0 heterocycles. The maximum atomic E-state index is 11.4. The SMILES string of the molecule is CCOC(=O)C1=C(/C=C\C=O)CCC1=O. The molecule has 0 N–H and O–H groups in total. The molecule has 0 saturated heterocycles. The van der Waals surface area contributed by atoms with Crippen molar-refractivity contribution in [1.82, 2.24) is 0 Å². The second kappa shape index (κ2) is 5.24. The summed E-state index contributed by atoms with van der Waals surface area (Å²) in [6, 6.07) is 0. The molecular weight excluding hydrogens is 196 g/mol. The number of esters is 1. The minimum absolute atomic E-state index is 0.0925. The highest BCUT2D eigenvalue weighted by Gasteiger charge is 2.28. The number of hydrogen-bond acceptors (Lipinski definition) is 4. The van der Waals surface area contributed by atoms with E-state index in [0.29, 0.717) is 24.7 Å². The third-order valence-corrected chi connectivity index (χ3v) is 2.08. The zero-order valence-corrected chi connectivity index (χ0v) is 8.49. The summed E-state index contributed by atoms with van der Waals surface area (Å²) < 4.78 is 4.77. The van der Waals surface area contributed by atoms with E-state index in [9.17, 15) is 14.4 Å². The Labute approximate surface area is 87.6 Å². The minimum Gasteiger partial charge on any atom is -0.462 e. The van der Waals surface area contributed by atoms with Crippen molar-refractivity contribution in [3.63, 3.8) is 0 Å². The van der Waals surface area contributed by atoms with Gasteiger partial charge in [-0.3, -0.25) is 9.59 Å². The molecule has 80 valence electrons. The first kappa shape index (κ1) is 11.4. The van der Waals surface area contributed by atoms with Gasteiger partial charge >= 0.3 is 5.97 Å². The molecule has 0 spiro atoms. The fourth-order valence-corrected chi connectivity index (χ4v) is 1.45. The van der Waals surface area contributed by atoms with Gasteiger partial charge in [0.15, 0.2) is 5.78 Å². The summed E-state index contributed by atoms with van der Waals surface area (Å²) in [5.41, 5.74) is 0.681. The molecule has 0 aliphatic heterocycles. The average Bonchev–Trinajstić information content (AvgIpc) is 2.57. The number of ether oxygens (including phenoxy) is 1. The van der Waals surface area contributed by atoms with Crippen LogP contribution in [0, 0.1) is 0 Å². The number of allylic oxidation sites excluding steroid dienone is 3. The van der Waals surface area contributed by atoms with Crippen LogP contribution in [0.1, 0.15) is 19.8 Å². The van der Waals surface area contributed by atoms with Gasteiger partial charge in [0.05, 0.1) is 6.61 Å². The van der Waals surface area contributed by atoms with Gasteiger partial charge in [0.25, 0.3) is 0 Å². The van der Waals surface area contributed by atoms with E-state index in [-0.39, 0.29) is 18.0 Å². The van der Waals surface area contributed by atoms with Gasteiger partial charge in [-0.2, -0.15) is 0 Å². The lowest BCUT2D eigenvalue weighted by atomic mass is 10.1. The maximum absolute atomic E-state index is 11.4. The quantitative estimate of drug-likeness (QED) is 0.299. The second-order valence-electron chi connectivity index (χ2n) is 3.04. The molecule has 1 aliphatic rings. The van der Waals surface area contributed by atoms with Crippen LogP contribution in [0.2, 0.25) is 0 Å². The van der Waals surface area contributed by atoms with E-state index >= 15 is 0 Å². The molecule has 0 radical (unpaired) electrons. The van der Waals surface area contributed by atoms with E-state index in [1.165, 1.54) is 12.2 Å². The Morgan fingerprint density at radius 1 is 1.47 bits per heavy atom. The van der Waals surface area contributed by atoms with Crippen molar-refractivity contribution in [2.45, 2.75) is 19.8 Å². The molecule has 1 rings (SSSR count). The molecule has 0 atom stereocenters. The van der Waals surface area contributed by atoms with Gasteiger partial charge in [0.2, 0.25) is 0 Å². The van der Waals surface area contributed by atoms with Gasteiger partial charge in [-0.05, 0) is 25.0 Å². The first-order valence-electron chi connectivity index (χ1n) is 4.76. The van der Waals surface area contributed by atoms with Crippen LogP contribution in [-0.4, -0.2) is 24.6 Å². The number of aldehydes is 1. The zero-order chi connectivity index (χ0) is 11.3. The van der Waals surface area contributed by atoms with E-state index in [4.69, 9.17) is 4.74 Å². The topological polar surface area (TPSA) is 60.4 Å². The highest BCUT2D eigenvalue weighted by molar-refractivity contribution is 6.20. The van der Waals surface area contributed by atoms with Crippen molar-refractivity contribution in [2.75, 3.05) is 6.61 Å². The van der Waals surface area contributed by atoms with E-state index < -0.39 is 5.97 Å². The Balaban J connectivity index is 2.95. The van der Waals surface area contributed by atoms with Crippen molar-refractivity contribution in [3.05, 3.63) is 23.3 Å². The lowest BCUT2D eigenvalue weighted by Crippen LogP contribution is -2.13. The lowest BCUT2D eigenvalue weighted by molar-refractivity contribution is -0.139. The number of rotatable bonds is 4. The first-order chi connectivity index (χ1) is 7.20. The number of carbonyl (C=O) groups excluding carboxylic acids is 3. The van der Waals surface area contributed by atoms with Gasteiger partial charge in [-0.25, -0.2) is 4.79 Å². The Morgan fingerprint density at radius 3 is 2.80 bits per heavy atom. The van der Waals surface area contributed by atoms with Crippen LogP contribution in [0.25, 0.3) is 0 Å². The number of hydrogen-bond donors (Lipinski definition) is 0. The van der Waals surface area contributed by atoms with Crippen LogP contribution in [-0.2, 0) is 19.1 Å². The Hall–Kier alpha value is -1.71. The van der Waals surface area contributed by atoms with Crippen molar-refractivity contribution in [1.29, 1.82) is 0 Å².